The van der Waals surface area contributed by atoms with Crippen molar-refractivity contribution in [3.8, 4) is 0 Å². The van der Waals surface area contributed by atoms with Gasteiger partial charge in [-0.15, -0.1) is 0 Å². The van der Waals surface area contributed by atoms with E-state index in [4.69, 9.17) is 9.97 Å². The summed E-state index contributed by atoms with van der Waals surface area (Å²) in [4.78, 5) is 14.1. The van der Waals surface area contributed by atoms with Crippen molar-refractivity contribution in [2.75, 3.05) is 17.7 Å². The van der Waals surface area contributed by atoms with Crippen LogP contribution in [0.15, 0.2) is 36.8 Å². The number of hydrogen-bond acceptors (Lipinski definition) is 5. The van der Waals surface area contributed by atoms with Gasteiger partial charge in [0.1, 0.15) is 11.6 Å². The molecule has 2 bridgehead atoms. The number of nitrogens with zero attached hydrogens (tertiary/aromatic N) is 4. The van der Waals surface area contributed by atoms with Crippen LogP contribution >= 0.6 is 0 Å². The highest BCUT2D eigenvalue weighted by Gasteiger charge is 2.69. The highest BCUT2D eigenvalue weighted by molar-refractivity contribution is 5.56. The SMILES string of the molecule is CNc1nc(NC23CC(n4cnc(C)c4)(C2)C3)nc2c1CC[C@@H]2c1ccc(F)cc1. The second-order valence-electron chi connectivity index (χ2n) is 9.23. The lowest BCUT2D eigenvalue weighted by atomic mass is 9.44. The molecule has 4 aliphatic carbocycles. The molecule has 2 heterocycles. The molecule has 30 heavy (non-hydrogen) atoms. The second-order valence-corrected chi connectivity index (χ2v) is 9.23. The first-order valence-electron chi connectivity index (χ1n) is 10.6. The highest BCUT2D eigenvalue weighted by atomic mass is 19.1. The first-order valence-corrected chi connectivity index (χ1v) is 10.6. The van der Waals surface area contributed by atoms with Crippen LogP contribution in [0.1, 0.15) is 54.1 Å². The number of fused-ring (bicyclic) bond motifs is 1. The number of benzene rings is 1. The van der Waals surface area contributed by atoms with Gasteiger partial charge in [0.05, 0.1) is 23.3 Å². The summed E-state index contributed by atoms with van der Waals surface area (Å²) in [6.07, 6.45) is 9.23. The van der Waals surface area contributed by atoms with E-state index in [0.717, 1.165) is 54.9 Å². The molecule has 7 heteroatoms. The smallest absolute Gasteiger partial charge is 0.225 e. The number of aryl methyl sites for hydroxylation is 1. The molecule has 154 valence electrons. The Morgan fingerprint density at radius 2 is 1.90 bits per heavy atom. The molecule has 0 spiro atoms. The summed E-state index contributed by atoms with van der Waals surface area (Å²) < 4.78 is 15.7. The van der Waals surface area contributed by atoms with E-state index in [1.165, 1.54) is 17.7 Å². The zero-order valence-electron chi connectivity index (χ0n) is 17.2. The van der Waals surface area contributed by atoms with E-state index < -0.39 is 0 Å². The van der Waals surface area contributed by atoms with Crippen LogP contribution in [0, 0.1) is 12.7 Å². The van der Waals surface area contributed by atoms with Crippen LogP contribution in [0.2, 0.25) is 0 Å². The average molecular weight is 404 g/mol. The van der Waals surface area contributed by atoms with Crippen molar-refractivity contribution in [3.63, 3.8) is 0 Å². The Morgan fingerprint density at radius 3 is 2.57 bits per heavy atom. The number of nitrogens with one attached hydrogen (secondary N) is 2. The van der Waals surface area contributed by atoms with E-state index in [0.29, 0.717) is 5.95 Å². The largest absolute Gasteiger partial charge is 0.373 e. The number of rotatable bonds is 5. The lowest BCUT2D eigenvalue weighted by molar-refractivity contribution is -0.100. The maximum absolute atomic E-state index is 13.4. The Kier molecular flexibility index (Phi) is 3.59. The van der Waals surface area contributed by atoms with Crippen molar-refractivity contribution in [3.05, 3.63) is 65.1 Å². The molecule has 0 unspecified atom stereocenters. The molecule has 1 atom stereocenters. The summed E-state index contributed by atoms with van der Waals surface area (Å²) >= 11 is 0. The standard InChI is InChI=1S/C23H25FN6/c1-14-9-30(13-26-14)23-10-22(11-23,12-23)29-21-27-19-17(15-3-5-16(24)6-4-15)7-8-18(19)20(25-2)28-21/h3-6,9,13,17H,7-8,10-12H2,1-2H3,(H2,25,27,28,29)/t17-,22?,23?/m1/s1. The van der Waals surface area contributed by atoms with Gasteiger partial charge in [-0.2, -0.15) is 4.98 Å². The lowest BCUT2D eigenvalue weighted by Gasteiger charge is -2.70. The Morgan fingerprint density at radius 1 is 1.13 bits per heavy atom. The van der Waals surface area contributed by atoms with Crippen LogP contribution in [0.3, 0.4) is 0 Å². The quantitative estimate of drug-likeness (QED) is 0.673. The summed E-state index contributed by atoms with van der Waals surface area (Å²) in [5.74, 6) is 1.58. The van der Waals surface area contributed by atoms with E-state index in [2.05, 4.69) is 26.4 Å². The monoisotopic (exact) mass is 404 g/mol. The van der Waals surface area contributed by atoms with Crippen molar-refractivity contribution in [2.24, 2.45) is 0 Å². The van der Waals surface area contributed by atoms with Gasteiger partial charge in [0.25, 0.3) is 0 Å². The van der Waals surface area contributed by atoms with Crippen LogP contribution in [0.5, 0.6) is 0 Å². The first-order chi connectivity index (χ1) is 14.5. The Bertz CT molecular complexity index is 1120. The summed E-state index contributed by atoms with van der Waals surface area (Å²) in [7, 11) is 1.91. The number of hydrogen-bond donors (Lipinski definition) is 2. The summed E-state index contributed by atoms with van der Waals surface area (Å²) in [5, 5.41) is 6.91. The van der Waals surface area contributed by atoms with Gasteiger partial charge >= 0.3 is 0 Å². The number of halogens is 1. The molecule has 0 amide bonds. The number of imidazole rings is 1. The lowest BCUT2D eigenvalue weighted by Crippen LogP contribution is -2.75. The molecule has 0 aliphatic heterocycles. The van der Waals surface area contributed by atoms with Crippen molar-refractivity contribution < 1.29 is 4.39 Å². The van der Waals surface area contributed by atoms with Crippen molar-refractivity contribution in [1.82, 2.24) is 19.5 Å². The highest BCUT2D eigenvalue weighted by Crippen LogP contribution is 2.66. The minimum absolute atomic E-state index is 0.0847. The predicted molar refractivity (Wildman–Crippen MR) is 113 cm³/mol. The van der Waals surface area contributed by atoms with E-state index >= 15 is 0 Å². The molecular formula is C23H25FN6. The van der Waals surface area contributed by atoms with E-state index in [9.17, 15) is 4.39 Å². The zero-order chi connectivity index (χ0) is 20.5. The Labute approximate surface area is 175 Å². The average Bonchev–Trinajstić information content (AvgIpc) is 3.30. The third kappa shape index (κ3) is 2.50. The molecular weight excluding hydrogens is 379 g/mol. The molecule has 3 saturated carbocycles. The maximum Gasteiger partial charge on any atom is 0.225 e. The number of anilines is 2. The minimum Gasteiger partial charge on any atom is -0.373 e. The summed E-state index contributed by atoms with van der Waals surface area (Å²) in [6, 6.07) is 6.82. The third-order valence-electron chi connectivity index (χ3n) is 7.20. The summed E-state index contributed by atoms with van der Waals surface area (Å²) in [5.41, 5.74) is 4.72. The molecule has 3 fully saturated rings. The van der Waals surface area contributed by atoms with Crippen LogP contribution in [0.4, 0.5) is 16.2 Å². The molecule has 7 rings (SSSR count). The van der Waals surface area contributed by atoms with Crippen LogP contribution < -0.4 is 10.6 Å². The molecule has 4 aliphatic rings. The van der Waals surface area contributed by atoms with Crippen molar-refractivity contribution in [1.29, 1.82) is 0 Å². The molecule has 6 nitrogen and oxygen atoms in total. The van der Waals surface area contributed by atoms with Gasteiger partial charge in [0.15, 0.2) is 0 Å². The van der Waals surface area contributed by atoms with Gasteiger partial charge in [-0.3, -0.25) is 0 Å². The molecule has 2 N–H and O–H groups in total. The topological polar surface area (TPSA) is 67.7 Å². The Balaban J connectivity index is 1.27. The fourth-order valence-corrected chi connectivity index (χ4v) is 5.80. The van der Waals surface area contributed by atoms with Crippen LogP contribution in [-0.2, 0) is 12.0 Å². The first kappa shape index (κ1) is 17.9. The fraction of sp³-hybridized carbons (Fsp3) is 0.435. The van der Waals surface area contributed by atoms with Crippen LogP contribution in [0.25, 0.3) is 0 Å². The van der Waals surface area contributed by atoms with Gasteiger partial charge in [0.2, 0.25) is 5.95 Å². The zero-order valence-corrected chi connectivity index (χ0v) is 17.2. The van der Waals surface area contributed by atoms with Crippen molar-refractivity contribution in [2.45, 2.75) is 56.0 Å². The minimum atomic E-state index is -0.205. The fourth-order valence-electron chi connectivity index (χ4n) is 5.80. The normalized spacial score (nSPS) is 28.4. The summed E-state index contributed by atoms with van der Waals surface area (Å²) in [6.45, 7) is 2.03. The molecule has 1 aromatic carbocycles. The number of aromatic nitrogens is 4. The Hall–Kier alpha value is -2.96. The van der Waals surface area contributed by atoms with Gasteiger partial charge in [0, 0.05) is 30.3 Å². The van der Waals surface area contributed by atoms with E-state index in [-0.39, 0.29) is 22.8 Å². The van der Waals surface area contributed by atoms with E-state index in [1.54, 1.807) is 0 Å². The van der Waals surface area contributed by atoms with Crippen molar-refractivity contribution >= 4 is 11.8 Å². The van der Waals surface area contributed by atoms with E-state index in [1.807, 2.05) is 32.4 Å². The molecule has 3 aromatic rings. The second kappa shape index (κ2) is 6.03. The predicted octanol–water partition coefficient (Wildman–Crippen LogP) is 3.98. The molecule has 0 saturated heterocycles. The van der Waals surface area contributed by atoms with Crippen LogP contribution in [-0.4, -0.2) is 32.1 Å². The van der Waals surface area contributed by atoms with Gasteiger partial charge in [-0.1, -0.05) is 12.1 Å². The maximum atomic E-state index is 13.4. The molecule has 0 radical (unpaired) electrons. The van der Waals surface area contributed by atoms with Gasteiger partial charge in [-0.05, 0) is 56.7 Å². The third-order valence-corrected chi connectivity index (χ3v) is 7.20. The molecule has 2 aromatic heterocycles. The van der Waals surface area contributed by atoms with Gasteiger partial charge < -0.3 is 15.2 Å². The van der Waals surface area contributed by atoms with Gasteiger partial charge in [-0.25, -0.2) is 14.4 Å².